The number of nitrogens with two attached hydrogens (primary N) is 1. The standard InChI is InChI=1S/C69H112N6O45/c1-19-38(87)48(97)52(101)65(107-19)105-17-27(86)55(39(88)26(72-20(2)82)10-71-25-9-7-6-8-24(25)61(70)104)115-63-36(74-22(4)84)46(95)57(33(16-81)112-63)117-67-54(103)58(44(93)34(114-67)18-106-68-59(50(99)42(91)30(13-78)110-68)119-62-35(73-21(3)83)45(94)40(89)28(11-76)108-62)118-69-60(51(100)43(92)31(14-79)111-69)120-64-37(75-23(5)85)47(96)56(32(15-80)113-64)116-66-53(102)49(98)41(90)29(12-77)109-66/h6-9,19,26-60,62-69,71,76-81,86-103H,10-18H2,1-5H3,(H2,70,104)(H,72,82)(H,73,83)(H,74,84)(H,75,85). The highest BCUT2D eigenvalue weighted by atomic mass is 16.8. The SMILES string of the molecule is CC(=O)NC(CNc1ccccc1C(N)=O)C(O)C(OC1OC(CO)C(OC2OC(COC3OC(CO)C(O)C(O)C3OC3OC(CO)C(O)C(O)C3NC(C)=O)C(O)C(OC3OC(CO)C(O)C(O)C3OC3OC(CO)C(OC4OC(CO)C(O)C(O)C4O)C(O)C3NC(C)=O)C2O)C(O)C1NC(C)=O)C(O)COC1OC(C)C(O)C(O)C1O. The number of aliphatic hydroxyl groups excluding tert-OH is 24. The average molecular weight is 1750 g/mol. The fourth-order valence-corrected chi connectivity index (χ4v) is 15.0. The monoisotopic (exact) mass is 1740 g/mol. The maximum atomic E-state index is 13.4. The van der Waals surface area contributed by atoms with Crippen molar-refractivity contribution in [3.63, 3.8) is 0 Å². The summed E-state index contributed by atoms with van der Waals surface area (Å²) in [6.07, 6.45) is -83.7. The number of aliphatic hydroxyl groups is 24. The van der Waals surface area contributed by atoms with E-state index in [0.717, 1.165) is 27.7 Å². The Kier molecular flexibility index (Phi) is 36.0. The fraction of sp³-hybridized carbons (Fsp3) is 0.841. The van der Waals surface area contributed by atoms with Crippen LogP contribution in [-0.2, 0) is 95.0 Å². The van der Waals surface area contributed by atoms with Gasteiger partial charge in [0.25, 0.3) is 5.91 Å². The number of amides is 5. The molecule has 51 heteroatoms. The summed E-state index contributed by atoms with van der Waals surface area (Å²) in [5, 5.41) is 282. The van der Waals surface area contributed by atoms with Crippen molar-refractivity contribution in [2.24, 2.45) is 5.73 Å². The van der Waals surface area contributed by atoms with Gasteiger partial charge in [-0.2, -0.15) is 0 Å². The third-order valence-corrected chi connectivity index (χ3v) is 21.5. The van der Waals surface area contributed by atoms with Crippen LogP contribution in [0.15, 0.2) is 24.3 Å². The van der Waals surface area contributed by atoms with E-state index in [2.05, 4.69) is 26.6 Å². The molecule has 0 aliphatic carbocycles. The molecule has 1 aromatic rings. The summed E-state index contributed by atoms with van der Waals surface area (Å²) in [5.74, 6) is -4.59. The Hall–Kier alpha value is -5.23. The second kappa shape index (κ2) is 43.8. The largest absolute Gasteiger partial charge is 0.394 e. The van der Waals surface area contributed by atoms with E-state index in [1.807, 2.05) is 0 Å². The normalized spacial score (nSPS) is 43.6. The summed E-state index contributed by atoms with van der Waals surface area (Å²) < 4.78 is 95.5. The zero-order valence-electron chi connectivity index (χ0n) is 65.0. The molecule has 5 amide bonds. The molecule has 0 aromatic heterocycles. The van der Waals surface area contributed by atoms with E-state index in [1.54, 1.807) is 0 Å². The van der Waals surface area contributed by atoms with Crippen LogP contribution < -0.4 is 32.3 Å². The number of anilines is 1. The van der Waals surface area contributed by atoms with Crippen LogP contribution in [0.2, 0.25) is 0 Å². The zero-order chi connectivity index (χ0) is 88.5. The lowest BCUT2D eigenvalue weighted by Crippen LogP contribution is -2.70. The number of hydrogen-bond acceptors (Lipinski definition) is 46. The van der Waals surface area contributed by atoms with Crippen LogP contribution in [0, 0.1) is 0 Å². The van der Waals surface area contributed by atoms with Crippen molar-refractivity contribution in [2.45, 2.75) is 304 Å². The number of hydrogen-bond donors (Lipinski definition) is 30. The molecule has 44 unspecified atom stereocenters. The number of carbonyl (C=O) groups is 5. The van der Waals surface area contributed by atoms with E-state index < -0.39 is 359 Å². The van der Waals surface area contributed by atoms with Gasteiger partial charge in [0.05, 0.1) is 70.6 Å². The number of ether oxygens (including phenoxy) is 16. The van der Waals surface area contributed by atoms with Crippen LogP contribution in [-0.4, -0.2) is 481 Å². The van der Waals surface area contributed by atoms with Gasteiger partial charge < -0.3 is 231 Å². The van der Waals surface area contributed by atoms with Gasteiger partial charge in [0.2, 0.25) is 23.6 Å². The van der Waals surface area contributed by atoms with Gasteiger partial charge in [0.1, 0.15) is 207 Å². The van der Waals surface area contributed by atoms with Crippen molar-refractivity contribution in [1.29, 1.82) is 0 Å². The lowest BCUT2D eigenvalue weighted by molar-refractivity contribution is -0.398. The first-order valence-electron chi connectivity index (χ1n) is 38.3. The second-order valence-electron chi connectivity index (χ2n) is 30.1. The van der Waals surface area contributed by atoms with E-state index in [-0.39, 0.29) is 11.3 Å². The Morgan fingerprint density at radius 1 is 0.392 bits per heavy atom. The van der Waals surface area contributed by atoms with Gasteiger partial charge in [-0.25, -0.2) is 0 Å². The number of benzene rings is 1. The van der Waals surface area contributed by atoms with Crippen molar-refractivity contribution >= 4 is 35.2 Å². The van der Waals surface area contributed by atoms with Crippen molar-refractivity contribution in [1.82, 2.24) is 21.3 Å². The molecule has 31 N–H and O–H groups in total. The Bertz CT molecular complexity index is 3420. The van der Waals surface area contributed by atoms with Gasteiger partial charge >= 0.3 is 0 Å². The highest BCUT2D eigenvalue weighted by Gasteiger charge is 2.60. The third-order valence-electron chi connectivity index (χ3n) is 21.5. The number of para-hydroxylation sites is 1. The Morgan fingerprint density at radius 2 is 0.792 bits per heavy atom. The van der Waals surface area contributed by atoms with Crippen molar-refractivity contribution in [3.05, 3.63) is 29.8 Å². The van der Waals surface area contributed by atoms with Crippen molar-refractivity contribution in [3.8, 4) is 0 Å². The number of nitrogens with one attached hydrogen (secondary N) is 5. The molecule has 0 bridgehead atoms. The van der Waals surface area contributed by atoms with Gasteiger partial charge in [0.15, 0.2) is 50.3 Å². The fourth-order valence-electron chi connectivity index (χ4n) is 15.0. The molecule has 8 aliphatic heterocycles. The smallest absolute Gasteiger partial charge is 0.250 e. The molecule has 44 atom stereocenters. The minimum Gasteiger partial charge on any atom is -0.394 e. The van der Waals surface area contributed by atoms with E-state index in [9.17, 15) is 147 Å². The average Bonchev–Trinajstić information content (AvgIpc) is 0.768. The molecule has 120 heavy (non-hydrogen) atoms. The predicted molar refractivity (Wildman–Crippen MR) is 381 cm³/mol. The van der Waals surface area contributed by atoms with E-state index in [1.165, 1.54) is 31.2 Å². The summed E-state index contributed by atoms with van der Waals surface area (Å²) in [6.45, 7) is -4.35. The Balaban J connectivity index is 1.08. The van der Waals surface area contributed by atoms with Gasteiger partial charge in [0, 0.05) is 39.9 Å². The zero-order valence-corrected chi connectivity index (χ0v) is 65.0. The number of rotatable bonds is 35. The highest BCUT2D eigenvalue weighted by molar-refractivity contribution is 5.98. The Morgan fingerprint density at radius 3 is 1.30 bits per heavy atom. The molecule has 9 rings (SSSR count). The first-order chi connectivity index (χ1) is 56.7. The summed E-state index contributed by atoms with van der Waals surface area (Å²) in [5.41, 5.74) is 5.60. The van der Waals surface area contributed by atoms with Crippen LogP contribution in [0.1, 0.15) is 45.0 Å². The number of primary amides is 1. The second-order valence-corrected chi connectivity index (χ2v) is 30.1. The van der Waals surface area contributed by atoms with Crippen LogP contribution in [0.3, 0.4) is 0 Å². The Labute approximate surface area is 681 Å². The van der Waals surface area contributed by atoms with Gasteiger partial charge in [-0.1, -0.05) is 12.1 Å². The molecular formula is C69H112N6O45. The molecule has 8 fully saturated rings. The molecule has 8 saturated heterocycles. The molecule has 0 spiro atoms. The van der Waals surface area contributed by atoms with Crippen molar-refractivity contribution in [2.75, 3.05) is 64.7 Å². The van der Waals surface area contributed by atoms with E-state index >= 15 is 0 Å². The first kappa shape index (κ1) is 98.6. The molecule has 1 aromatic carbocycles. The van der Waals surface area contributed by atoms with Crippen LogP contribution >= 0.6 is 0 Å². The van der Waals surface area contributed by atoms with Gasteiger partial charge in [-0.15, -0.1) is 0 Å². The summed E-state index contributed by atoms with van der Waals surface area (Å²) in [7, 11) is 0. The molecule has 51 nitrogen and oxygen atoms in total. The number of carbonyl (C=O) groups excluding carboxylic acids is 5. The lowest BCUT2D eigenvalue weighted by atomic mass is 9.94. The van der Waals surface area contributed by atoms with Crippen LogP contribution in [0.5, 0.6) is 0 Å². The maximum Gasteiger partial charge on any atom is 0.250 e. The summed E-state index contributed by atoms with van der Waals surface area (Å²) in [6, 6.07) is -1.74. The quantitative estimate of drug-likeness (QED) is 0.0300. The van der Waals surface area contributed by atoms with Gasteiger partial charge in [-0.3, -0.25) is 24.0 Å². The van der Waals surface area contributed by atoms with E-state index in [4.69, 9.17) is 81.5 Å². The molecule has 8 aliphatic rings. The van der Waals surface area contributed by atoms with Crippen molar-refractivity contribution < 1.29 is 222 Å². The molecule has 8 heterocycles. The highest BCUT2D eigenvalue weighted by Crippen LogP contribution is 2.39. The first-order valence-corrected chi connectivity index (χ1v) is 38.3. The maximum absolute atomic E-state index is 13.4. The molecule has 688 valence electrons. The van der Waals surface area contributed by atoms with E-state index in [0.29, 0.717) is 0 Å². The topological polar surface area (TPSA) is 805 Å². The van der Waals surface area contributed by atoms with Crippen LogP contribution in [0.4, 0.5) is 5.69 Å². The molecule has 0 saturated carbocycles. The minimum absolute atomic E-state index is 0.0621. The minimum atomic E-state index is -2.62. The lowest BCUT2D eigenvalue weighted by Gasteiger charge is -2.51. The van der Waals surface area contributed by atoms with Crippen LogP contribution in [0.25, 0.3) is 0 Å². The summed E-state index contributed by atoms with van der Waals surface area (Å²) >= 11 is 0. The molecule has 0 radical (unpaired) electrons. The van der Waals surface area contributed by atoms with Gasteiger partial charge in [-0.05, 0) is 19.1 Å². The third kappa shape index (κ3) is 22.8. The summed E-state index contributed by atoms with van der Waals surface area (Å²) in [4.78, 5) is 64.3. The molecular weight excluding hydrogens is 1630 g/mol. The predicted octanol–water partition coefficient (Wildman–Crippen LogP) is -18.2.